The lowest BCUT2D eigenvalue weighted by Crippen LogP contribution is -2.45. The highest BCUT2D eigenvalue weighted by atomic mass is 35.5. The largest absolute Gasteiger partial charge is 0.348 e. The lowest BCUT2D eigenvalue weighted by atomic mass is 10.0. The van der Waals surface area contributed by atoms with Gasteiger partial charge in [-0.2, -0.15) is 0 Å². The van der Waals surface area contributed by atoms with Crippen LogP contribution in [0, 0.1) is 0 Å². The van der Waals surface area contributed by atoms with Gasteiger partial charge in [0.05, 0.1) is 0 Å². The molecule has 1 aliphatic rings. The van der Waals surface area contributed by atoms with Crippen molar-refractivity contribution in [1.82, 2.24) is 10.6 Å². The number of amides is 1. The summed E-state index contributed by atoms with van der Waals surface area (Å²) >= 11 is 0. The van der Waals surface area contributed by atoms with Crippen molar-refractivity contribution in [3.8, 4) is 0 Å². The fraction of sp³-hybridized carbons (Fsp3) is 0.533. The molecule has 1 fully saturated rings. The van der Waals surface area contributed by atoms with Gasteiger partial charge in [-0.15, -0.1) is 12.4 Å². The molecule has 3 nitrogen and oxygen atoms in total. The van der Waals surface area contributed by atoms with Crippen LogP contribution in [0.4, 0.5) is 0 Å². The summed E-state index contributed by atoms with van der Waals surface area (Å²) in [5.41, 5.74) is 2.02. The van der Waals surface area contributed by atoms with Crippen molar-refractivity contribution in [2.75, 3.05) is 13.1 Å². The van der Waals surface area contributed by atoms with Crippen LogP contribution in [0.25, 0.3) is 0 Å². The molecule has 1 amide bonds. The van der Waals surface area contributed by atoms with Crippen molar-refractivity contribution >= 4 is 18.3 Å². The molecule has 0 aliphatic carbocycles. The Morgan fingerprint density at radius 1 is 1.32 bits per heavy atom. The van der Waals surface area contributed by atoms with Crippen molar-refractivity contribution in [3.05, 3.63) is 35.4 Å². The second kappa shape index (κ2) is 7.51. The van der Waals surface area contributed by atoms with Gasteiger partial charge in [-0.1, -0.05) is 26.0 Å². The van der Waals surface area contributed by atoms with Gasteiger partial charge in [0, 0.05) is 18.2 Å². The molecule has 2 N–H and O–H groups in total. The highest BCUT2D eigenvalue weighted by molar-refractivity contribution is 5.94. The molecule has 1 heterocycles. The monoisotopic (exact) mass is 282 g/mol. The van der Waals surface area contributed by atoms with E-state index in [0.717, 1.165) is 31.5 Å². The third-order valence-corrected chi connectivity index (χ3v) is 3.47. The van der Waals surface area contributed by atoms with Gasteiger partial charge in [-0.05, 0) is 43.0 Å². The minimum Gasteiger partial charge on any atom is -0.348 e. The van der Waals surface area contributed by atoms with E-state index >= 15 is 0 Å². The van der Waals surface area contributed by atoms with Crippen molar-refractivity contribution in [2.45, 2.75) is 38.6 Å². The Balaban J connectivity index is 0.00000180. The smallest absolute Gasteiger partial charge is 0.251 e. The first kappa shape index (κ1) is 16.0. The molecule has 1 unspecified atom stereocenters. The van der Waals surface area contributed by atoms with Crippen LogP contribution in [0.3, 0.4) is 0 Å². The quantitative estimate of drug-likeness (QED) is 0.895. The van der Waals surface area contributed by atoms with Crippen LogP contribution in [0.5, 0.6) is 0 Å². The fourth-order valence-corrected chi connectivity index (χ4v) is 2.26. The molecule has 1 aliphatic heterocycles. The van der Waals surface area contributed by atoms with Gasteiger partial charge in [-0.25, -0.2) is 0 Å². The standard InChI is InChI=1S/C15H22N2O.ClH/c1-11(2)12-5-7-13(8-6-12)15(18)17-14-4-3-9-16-10-14;/h5-8,11,14,16H,3-4,9-10H2,1-2H3,(H,17,18);1H. The topological polar surface area (TPSA) is 41.1 Å². The van der Waals surface area contributed by atoms with E-state index in [2.05, 4.69) is 24.5 Å². The predicted molar refractivity (Wildman–Crippen MR) is 81.1 cm³/mol. The number of carbonyl (C=O) groups is 1. The summed E-state index contributed by atoms with van der Waals surface area (Å²) in [7, 11) is 0. The summed E-state index contributed by atoms with van der Waals surface area (Å²) in [5.74, 6) is 0.545. The Hall–Kier alpha value is -1.06. The lowest BCUT2D eigenvalue weighted by Gasteiger charge is -2.23. The minimum absolute atomic E-state index is 0. The summed E-state index contributed by atoms with van der Waals surface area (Å²) in [4.78, 5) is 12.1. The summed E-state index contributed by atoms with van der Waals surface area (Å²) in [6.45, 7) is 6.26. The Morgan fingerprint density at radius 2 is 2.00 bits per heavy atom. The number of benzene rings is 1. The van der Waals surface area contributed by atoms with Crippen LogP contribution in [-0.4, -0.2) is 25.0 Å². The first-order valence-corrected chi connectivity index (χ1v) is 6.78. The zero-order valence-electron chi connectivity index (χ0n) is 11.6. The molecule has 4 heteroatoms. The number of nitrogens with one attached hydrogen (secondary N) is 2. The molecule has 106 valence electrons. The van der Waals surface area contributed by atoms with E-state index in [4.69, 9.17) is 0 Å². The van der Waals surface area contributed by atoms with Crippen molar-refractivity contribution in [1.29, 1.82) is 0 Å². The van der Waals surface area contributed by atoms with Gasteiger partial charge in [0.25, 0.3) is 5.91 Å². The molecule has 1 saturated heterocycles. The third kappa shape index (κ3) is 4.51. The summed E-state index contributed by atoms with van der Waals surface area (Å²) < 4.78 is 0. The molecule has 0 saturated carbocycles. The molecule has 1 aromatic rings. The van der Waals surface area contributed by atoms with E-state index in [0.29, 0.717) is 5.92 Å². The van der Waals surface area contributed by atoms with Gasteiger partial charge >= 0.3 is 0 Å². The molecule has 1 atom stereocenters. The molecular weight excluding hydrogens is 260 g/mol. The van der Waals surface area contributed by atoms with E-state index in [1.807, 2.05) is 24.3 Å². The Morgan fingerprint density at radius 3 is 2.53 bits per heavy atom. The summed E-state index contributed by atoms with van der Waals surface area (Å²) in [6.07, 6.45) is 2.21. The molecule has 0 spiro atoms. The van der Waals surface area contributed by atoms with Crippen LogP contribution in [0.2, 0.25) is 0 Å². The minimum atomic E-state index is 0. The molecule has 0 radical (unpaired) electrons. The number of halogens is 1. The maximum absolute atomic E-state index is 12.1. The Bertz CT molecular complexity index is 397. The first-order valence-electron chi connectivity index (χ1n) is 6.78. The molecule has 0 aromatic heterocycles. The molecule has 0 bridgehead atoms. The number of rotatable bonds is 3. The highest BCUT2D eigenvalue weighted by Crippen LogP contribution is 2.14. The predicted octanol–water partition coefficient (Wildman–Crippen LogP) is 2.71. The first-order chi connectivity index (χ1) is 8.66. The van der Waals surface area contributed by atoms with Gasteiger partial charge in [0.1, 0.15) is 0 Å². The van der Waals surface area contributed by atoms with E-state index in [-0.39, 0.29) is 24.4 Å². The van der Waals surface area contributed by atoms with E-state index in [1.165, 1.54) is 5.56 Å². The highest BCUT2D eigenvalue weighted by Gasteiger charge is 2.16. The SMILES string of the molecule is CC(C)c1ccc(C(=O)NC2CCCNC2)cc1.Cl. The van der Waals surface area contributed by atoms with Crippen LogP contribution < -0.4 is 10.6 Å². The molecule has 1 aromatic carbocycles. The number of hydrogen-bond donors (Lipinski definition) is 2. The van der Waals surface area contributed by atoms with Gasteiger partial charge in [-0.3, -0.25) is 4.79 Å². The Labute approximate surface area is 121 Å². The van der Waals surface area contributed by atoms with Crippen LogP contribution >= 0.6 is 12.4 Å². The number of carbonyl (C=O) groups excluding carboxylic acids is 1. The second-order valence-corrected chi connectivity index (χ2v) is 5.29. The molecular formula is C15H23ClN2O. The maximum atomic E-state index is 12.1. The lowest BCUT2D eigenvalue weighted by molar-refractivity contribution is 0.0930. The summed E-state index contributed by atoms with van der Waals surface area (Å²) in [5, 5.41) is 6.38. The van der Waals surface area contributed by atoms with Crippen LogP contribution in [-0.2, 0) is 0 Å². The average Bonchev–Trinajstić information content (AvgIpc) is 2.40. The van der Waals surface area contributed by atoms with Gasteiger partial charge in [0.15, 0.2) is 0 Å². The van der Waals surface area contributed by atoms with Crippen molar-refractivity contribution in [2.24, 2.45) is 0 Å². The van der Waals surface area contributed by atoms with E-state index in [9.17, 15) is 4.79 Å². The number of piperidine rings is 1. The molecule has 19 heavy (non-hydrogen) atoms. The van der Waals surface area contributed by atoms with Crippen molar-refractivity contribution in [3.63, 3.8) is 0 Å². The summed E-state index contributed by atoms with van der Waals surface area (Å²) in [6, 6.07) is 8.19. The van der Waals surface area contributed by atoms with Gasteiger partial charge < -0.3 is 10.6 Å². The third-order valence-electron chi connectivity index (χ3n) is 3.47. The van der Waals surface area contributed by atoms with Crippen molar-refractivity contribution < 1.29 is 4.79 Å². The maximum Gasteiger partial charge on any atom is 0.251 e. The number of hydrogen-bond acceptors (Lipinski definition) is 2. The average molecular weight is 283 g/mol. The fourth-order valence-electron chi connectivity index (χ4n) is 2.26. The second-order valence-electron chi connectivity index (χ2n) is 5.29. The van der Waals surface area contributed by atoms with E-state index in [1.54, 1.807) is 0 Å². The normalized spacial score (nSPS) is 18.8. The Kier molecular flexibility index (Phi) is 6.32. The van der Waals surface area contributed by atoms with Crippen LogP contribution in [0.15, 0.2) is 24.3 Å². The zero-order chi connectivity index (χ0) is 13.0. The zero-order valence-corrected chi connectivity index (χ0v) is 12.4. The van der Waals surface area contributed by atoms with E-state index < -0.39 is 0 Å². The van der Waals surface area contributed by atoms with Gasteiger partial charge in [0.2, 0.25) is 0 Å². The molecule has 2 rings (SSSR count). The van der Waals surface area contributed by atoms with Crippen LogP contribution in [0.1, 0.15) is 48.5 Å².